The van der Waals surface area contributed by atoms with Gasteiger partial charge in [-0.1, -0.05) is 6.42 Å². The number of nitrogens with one attached hydrogen (secondary N) is 1. The number of nitrogens with zero attached hydrogens (tertiary/aromatic N) is 5. The molecule has 0 bridgehead atoms. The van der Waals surface area contributed by atoms with E-state index in [0.29, 0.717) is 29.4 Å². The first-order chi connectivity index (χ1) is 15.8. The van der Waals surface area contributed by atoms with Gasteiger partial charge >= 0.3 is 0 Å². The zero-order valence-corrected chi connectivity index (χ0v) is 17.8. The maximum absolute atomic E-state index is 13.3. The highest BCUT2D eigenvalue weighted by Crippen LogP contribution is 2.36. The standard InChI is InChI=1S/C22H26N6O4/c29-22-16(9-14-10-18-19(32-13-31-18)11-17(14)23-22)20(27-6-2-1-3-7-27)21-24-25-26-28(21)12-15-5-4-8-30-15/h9-11,15,20H,1-8,12-13H2,(H,23,29)/t15-,20+/m1/s1. The number of benzene rings is 1. The Hall–Kier alpha value is -2.98. The smallest absolute Gasteiger partial charge is 0.253 e. The predicted molar refractivity (Wildman–Crippen MR) is 115 cm³/mol. The second kappa shape index (κ2) is 8.18. The number of aromatic nitrogens is 5. The Balaban J connectivity index is 1.45. The summed E-state index contributed by atoms with van der Waals surface area (Å²) in [6.45, 7) is 3.36. The number of piperidine rings is 1. The molecule has 0 aliphatic carbocycles. The lowest BCUT2D eigenvalue weighted by Gasteiger charge is -2.33. The van der Waals surface area contributed by atoms with Crippen LogP contribution in [0.4, 0.5) is 0 Å². The van der Waals surface area contributed by atoms with Crippen LogP contribution in [-0.2, 0) is 11.3 Å². The number of tetrazole rings is 1. The number of aromatic amines is 1. The average Bonchev–Trinajstić information content (AvgIpc) is 3.57. The number of rotatable bonds is 5. The number of pyridine rings is 1. The van der Waals surface area contributed by atoms with Crippen molar-refractivity contribution in [2.75, 3.05) is 26.5 Å². The van der Waals surface area contributed by atoms with E-state index in [1.807, 2.05) is 22.9 Å². The van der Waals surface area contributed by atoms with E-state index in [-0.39, 0.29) is 24.5 Å². The molecule has 0 radical (unpaired) electrons. The minimum Gasteiger partial charge on any atom is -0.454 e. The van der Waals surface area contributed by atoms with Crippen molar-refractivity contribution in [3.8, 4) is 11.5 Å². The van der Waals surface area contributed by atoms with E-state index in [4.69, 9.17) is 14.2 Å². The van der Waals surface area contributed by atoms with E-state index in [2.05, 4.69) is 25.4 Å². The van der Waals surface area contributed by atoms with Crippen LogP contribution in [0.3, 0.4) is 0 Å². The maximum Gasteiger partial charge on any atom is 0.253 e. The van der Waals surface area contributed by atoms with Gasteiger partial charge in [0.2, 0.25) is 6.79 Å². The topological polar surface area (TPSA) is 107 Å². The lowest BCUT2D eigenvalue weighted by atomic mass is 10.00. The number of H-pyrrole nitrogens is 1. The van der Waals surface area contributed by atoms with E-state index in [0.717, 1.165) is 56.3 Å². The fourth-order valence-corrected chi connectivity index (χ4v) is 5.01. The largest absolute Gasteiger partial charge is 0.454 e. The monoisotopic (exact) mass is 438 g/mol. The third kappa shape index (κ3) is 3.53. The molecule has 6 rings (SSSR count). The molecule has 1 N–H and O–H groups in total. The van der Waals surface area contributed by atoms with Crippen LogP contribution in [0.5, 0.6) is 11.5 Å². The lowest BCUT2D eigenvalue weighted by Crippen LogP contribution is -2.39. The summed E-state index contributed by atoms with van der Waals surface area (Å²) in [7, 11) is 0. The molecule has 2 aromatic heterocycles. The van der Waals surface area contributed by atoms with Gasteiger partial charge in [0.25, 0.3) is 5.56 Å². The number of ether oxygens (including phenoxy) is 3. The summed E-state index contributed by atoms with van der Waals surface area (Å²) < 4.78 is 18.6. The molecule has 3 aromatic rings. The Morgan fingerprint density at radius 3 is 2.75 bits per heavy atom. The fourth-order valence-electron chi connectivity index (χ4n) is 5.01. The highest BCUT2D eigenvalue weighted by Gasteiger charge is 2.32. The van der Waals surface area contributed by atoms with Crippen LogP contribution in [0.2, 0.25) is 0 Å². The molecule has 2 fully saturated rings. The van der Waals surface area contributed by atoms with Crippen LogP contribution in [0.15, 0.2) is 23.0 Å². The van der Waals surface area contributed by atoms with Gasteiger partial charge in [-0.05, 0) is 61.3 Å². The molecule has 2 saturated heterocycles. The second-order valence-corrected chi connectivity index (χ2v) is 8.70. The predicted octanol–water partition coefficient (Wildman–Crippen LogP) is 2.00. The first kappa shape index (κ1) is 19.7. The summed E-state index contributed by atoms with van der Waals surface area (Å²) >= 11 is 0. The SMILES string of the molecule is O=c1[nH]c2cc3c(cc2cc1[C@@H](c1nnnn1C[C@H]1CCCO1)N1CCCCC1)OCO3. The molecule has 0 amide bonds. The molecule has 0 unspecified atom stereocenters. The summed E-state index contributed by atoms with van der Waals surface area (Å²) in [5.74, 6) is 2.02. The molecule has 32 heavy (non-hydrogen) atoms. The zero-order valence-electron chi connectivity index (χ0n) is 17.8. The van der Waals surface area contributed by atoms with Gasteiger partial charge in [0.05, 0.1) is 18.2 Å². The van der Waals surface area contributed by atoms with E-state index in [1.165, 1.54) is 6.42 Å². The van der Waals surface area contributed by atoms with Crippen LogP contribution < -0.4 is 15.0 Å². The summed E-state index contributed by atoms with van der Waals surface area (Å²) in [6.07, 6.45) is 5.54. The third-order valence-corrected chi connectivity index (χ3v) is 6.62. The van der Waals surface area contributed by atoms with Gasteiger partial charge in [-0.2, -0.15) is 0 Å². The fraction of sp³-hybridized carbons (Fsp3) is 0.545. The van der Waals surface area contributed by atoms with Crippen molar-refractivity contribution in [2.45, 2.75) is 50.8 Å². The maximum atomic E-state index is 13.3. The van der Waals surface area contributed by atoms with E-state index in [1.54, 1.807) is 0 Å². The van der Waals surface area contributed by atoms with E-state index < -0.39 is 0 Å². The second-order valence-electron chi connectivity index (χ2n) is 8.70. The quantitative estimate of drug-likeness (QED) is 0.645. The van der Waals surface area contributed by atoms with Gasteiger partial charge in [-0.25, -0.2) is 4.68 Å². The first-order valence-corrected chi connectivity index (χ1v) is 11.3. The van der Waals surface area contributed by atoms with Gasteiger partial charge in [0, 0.05) is 23.6 Å². The Labute approximate surface area is 184 Å². The summed E-state index contributed by atoms with van der Waals surface area (Å²) in [5.41, 5.74) is 1.22. The van der Waals surface area contributed by atoms with Crippen LogP contribution in [0.25, 0.3) is 10.9 Å². The third-order valence-electron chi connectivity index (χ3n) is 6.62. The molecule has 3 aliphatic heterocycles. The summed E-state index contributed by atoms with van der Waals surface area (Å²) in [6, 6.07) is 5.35. The minimum atomic E-state index is -0.328. The summed E-state index contributed by atoms with van der Waals surface area (Å²) in [4.78, 5) is 18.7. The van der Waals surface area contributed by atoms with Crippen molar-refractivity contribution in [1.29, 1.82) is 0 Å². The molecule has 10 heteroatoms. The summed E-state index contributed by atoms with van der Waals surface area (Å²) in [5, 5.41) is 13.5. The van der Waals surface area contributed by atoms with Crippen LogP contribution in [0, 0.1) is 0 Å². The van der Waals surface area contributed by atoms with Crippen molar-refractivity contribution >= 4 is 10.9 Å². The molecule has 10 nitrogen and oxygen atoms in total. The van der Waals surface area contributed by atoms with Crippen molar-refractivity contribution in [3.05, 3.63) is 39.9 Å². The number of likely N-dealkylation sites (tertiary alicyclic amines) is 1. The molecule has 0 saturated carbocycles. The highest BCUT2D eigenvalue weighted by atomic mass is 16.7. The molecule has 168 valence electrons. The van der Waals surface area contributed by atoms with Crippen LogP contribution in [0.1, 0.15) is 49.5 Å². The highest BCUT2D eigenvalue weighted by molar-refractivity contribution is 5.83. The average molecular weight is 438 g/mol. The van der Waals surface area contributed by atoms with Crippen molar-refractivity contribution in [1.82, 2.24) is 30.1 Å². The van der Waals surface area contributed by atoms with Gasteiger partial charge in [-0.15, -0.1) is 5.10 Å². The molecular weight excluding hydrogens is 412 g/mol. The Morgan fingerprint density at radius 1 is 1.09 bits per heavy atom. The van der Waals surface area contributed by atoms with E-state index in [9.17, 15) is 4.79 Å². The number of hydrogen-bond acceptors (Lipinski definition) is 8. The number of hydrogen-bond donors (Lipinski definition) is 1. The molecule has 3 aliphatic rings. The first-order valence-electron chi connectivity index (χ1n) is 11.3. The van der Waals surface area contributed by atoms with Gasteiger partial charge < -0.3 is 19.2 Å². The van der Waals surface area contributed by atoms with Crippen LogP contribution >= 0.6 is 0 Å². The molecular formula is C22H26N6O4. The molecule has 1 aromatic carbocycles. The van der Waals surface area contributed by atoms with Gasteiger partial charge in [0.15, 0.2) is 17.3 Å². The Morgan fingerprint density at radius 2 is 1.94 bits per heavy atom. The van der Waals surface area contributed by atoms with Crippen LogP contribution in [-0.4, -0.2) is 62.7 Å². The molecule has 2 atom stereocenters. The molecule has 5 heterocycles. The Bertz CT molecular complexity index is 1180. The van der Waals surface area contributed by atoms with Crippen molar-refractivity contribution in [3.63, 3.8) is 0 Å². The van der Waals surface area contributed by atoms with Crippen molar-refractivity contribution < 1.29 is 14.2 Å². The molecule has 0 spiro atoms. The van der Waals surface area contributed by atoms with Crippen molar-refractivity contribution in [2.24, 2.45) is 0 Å². The lowest BCUT2D eigenvalue weighted by molar-refractivity contribution is 0.0902. The van der Waals surface area contributed by atoms with E-state index >= 15 is 0 Å². The van der Waals surface area contributed by atoms with Gasteiger partial charge in [0.1, 0.15) is 6.04 Å². The Kier molecular flexibility index (Phi) is 5.03. The van der Waals surface area contributed by atoms with Gasteiger partial charge in [-0.3, -0.25) is 9.69 Å². The number of fused-ring (bicyclic) bond motifs is 2. The minimum absolute atomic E-state index is 0.105. The normalized spacial score (nSPS) is 21.9. The zero-order chi connectivity index (χ0) is 21.5.